The molecule has 0 bridgehead atoms. The van der Waals surface area contributed by atoms with Gasteiger partial charge in [0.15, 0.2) is 0 Å². The van der Waals surface area contributed by atoms with E-state index in [2.05, 4.69) is 17.6 Å². The lowest BCUT2D eigenvalue weighted by Crippen LogP contribution is -2.44. The van der Waals surface area contributed by atoms with Crippen LogP contribution in [0.3, 0.4) is 0 Å². The fourth-order valence-corrected chi connectivity index (χ4v) is 2.81. The number of benzene rings is 1. The Kier molecular flexibility index (Phi) is 6.54. The molecule has 1 aromatic rings. The third-order valence-corrected chi connectivity index (χ3v) is 4.00. The van der Waals surface area contributed by atoms with E-state index in [1.54, 1.807) is 0 Å². The van der Waals surface area contributed by atoms with Crippen molar-refractivity contribution >= 4 is 6.03 Å². The molecule has 116 valence electrons. The lowest BCUT2D eigenvalue weighted by molar-refractivity contribution is 0.179. The van der Waals surface area contributed by atoms with Gasteiger partial charge in [-0.15, -0.1) is 0 Å². The van der Waals surface area contributed by atoms with Gasteiger partial charge in [0, 0.05) is 19.6 Å². The number of carbonyl (C=O) groups excluding carboxylic acids is 1. The number of rotatable bonds is 6. The molecule has 0 atom stereocenters. The van der Waals surface area contributed by atoms with Crippen LogP contribution < -0.4 is 10.6 Å². The minimum Gasteiger partial charge on any atom is -0.334 e. The van der Waals surface area contributed by atoms with E-state index < -0.39 is 0 Å². The summed E-state index contributed by atoms with van der Waals surface area (Å²) in [5.41, 5.74) is 1.14. The molecule has 0 radical (unpaired) electrons. The second-order valence-corrected chi connectivity index (χ2v) is 5.78. The van der Waals surface area contributed by atoms with Crippen LogP contribution in [0.15, 0.2) is 30.3 Å². The topological polar surface area (TPSA) is 44.4 Å². The second kappa shape index (κ2) is 8.67. The van der Waals surface area contributed by atoms with Crippen molar-refractivity contribution in [3.05, 3.63) is 35.9 Å². The first-order chi connectivity index (χ1) is 10.3. The van der Waals surface area contributed by atoms with E-state index in [-0.39, 0.29) is 6.03 Å². The third-order valence-electron chi connectivity index (χ3n) is 4.00. The van der Waals surface area contributed by atoms with E-state index >= 15 is 0 Å². The minimum absolute atomic E-state index is 0.0687. The lowest BCUT2D eigenvalue weighted by atomic mass is 9.97. The predicted octanol–water partition coefficient (Wildman–Crippen LogP) is 2.61. The molecule has 1 heterocycles. The third kappa shape index (κ3) is 5.38. The quantitative estimate of drug-likeness (QED) is 0.845. The molecular formula is C17H27N3O. The molecular weight excluding hydrogens is 262 g/mol. The normalized spacial score (nSPS) is 15.7. The summed E-state index contributed by atoms with van der Waals surface area (Å²) in [6.45, 7) is 6.61. The zero-order valence-electron chi connectivity index (χ0n) is 13.0. The number of nitrogens with one attached hydrogen (secondary N) is 2. The van der Waals surface area contributed by atoms with E-state index in [9.17, 15) is 4.79 Å². The van der Waals surface area contributed by atoms with Crippen LogP contribution in [-0.4, -0.2) is 37.1 Å². The van der Waals surface area contributed by atoms with Crippen LogP contribution in [0.5, 0.6) is 0 Å². The molecule has 4 nitrogen and oxygen atoms in total. The Balaban J connectivity index is 1.82. The molecule has 0 unspecified atom stereocenters. The number of amides is 2. The van der Waals surface area contributed by atoms with E-state index in [0.29, 0.717) is 12.5 Å². The Bertz CT molecular complexity index is 415. The van der Waals surface area contributed by atoms with Gasteiger partial charge in [-0.05, 0) is 43.8 Å². The maximum Gasteiger partial charge on any atom is 0.317 e. The molecule has 2 rings (SSSR count). The highest BCUT2D eigenvalue weighted by atomic mass is 16.2. The van der Waals surface area contributed by atoms with Crippen LogP contribution in [0.1, 0.15) is 31.7 Å². The molecule has 1 aromatic carbocycles. The number of hydrogen-bond donors (Lipinski definition) is 2. The second-order valence-electron chi connectivity index (χ2n) is 5.78. The van der Waals surface area contributed by atoms with Gasteiger partial charge >= 0.3 is 6.03 Å². The number of nitrogens with zero attached hydrogens (tertiary/aromatic N) is 1. The predicted molar refractivity (Wildman–Crippen MR) is 86.1 cm³/mol. The van der Waals surface area contributed by atoms with Gasteiger partial charge in [-0.2, -0.15) is 0 Å². The monoisotopic (exact) mass is 289 g/mol. The number of hydrogen-bond acceptors (Lipinski definition) is 2. The van der Waals surface area contributed by atoms with E-state index in [1.807, 2.05) is 35.2 Å². The van der Waals surface area contributed by atoms with Crippen molar-refractivity contribution in [2.45, 2.75) is 32.7 Å². The van der Waals surface area contributed by atoms with Crippen molar-refractivity contribution in [2.75, 3.05) is 26.2 Å². The van der Waals surface area contributed by atoms with Gasteiger partial charge in [0.1, 0.15) is 0 Å². The first-order valence-corrected chi connectivity index (χ1v) is 8.07. The van der Waals surface area contributed by atoms with Gasteiger partial charge in [0.05, 0.1) is 0 Å². The zero-order chi connectivity index (χ0) is 14.9. The number of urea groups is 1. The molecule has 0 saturated carbocycles. The van der Waals surface area contributed by atoms with Crippen LogP contribution in [0.25, 0.3) is 0 Å². The fourth-order valence-electron chi connectivity index (χ4n) is 2.81. The summed E-state index contributed by atoms with van der Waals surface area (Å²) in [7, 11) is 0. The summed E-state index contributed by atoms with van der Waals surface area (Å²) in [6.07, 6.45) is 3.35. The Labute approximate surface area is 127 Å². The molecule has 1 fully saturated rings. The van der Waals surface area contributed by atoms with Crippen LogP contribution >= 0.6 is 0 Å². The van der Waals surface area contributed by atoms with Gasteiger partial charge in [0.25, 0.3) is 0 Å². The molecule has 2 N–H and O–H groups in total. The van der Waals surface area contributed by atoms with Crippen molar-refractivity contribution in [2.24, 2.45) is 5.92 Å². The lowest BCUT2D eigenvalue weighted by Gasteiger charge is -2.30. The number of piperidine rings is 1. The van der Waals surface area contributed by atoms with Crippen molar-refractivity contribution in [3.63, 3.8) is 0 Å². The first kappa shape index (κ1) is 15.8. The summed E-state index contributed by atoms with van der Waals surface area (Å²) in [5.74, 6) is 0.639. The molecule has 1 aliphatic rings. The van der Waals surface area contributed by atoms with Crippen molar-refractivity contribution < 1.29 is 4.79 Å². The highest BCUT2D eigenvalue weighted by molar-refractivity contribution is 5.74. The molecule has 1 saturated heterocycles. The Morgan fingerprint density at radius 2 is 2.00 bits per heavy atom. The van der Waals surface area contributed by atoms with Gasteiger partial charge in [0.2, 0.25) is 0 Å². The molecule has 21 heavy (non-hydrogen) atoms. The molecule has 2 amide bonds. The highest BCUT2D eigenvalue weighted by Crippen LogP contribution is 2.14. The zero-order valence-corrected chi connectivity index (χ0v) is 13.0. The van der Waals surface area contributed by atoms with E-state index in [0.717, 1.165) is 38.2 Å². The highest BCUT2D eigenvalue weighted by Gasteiger charge is 2.19. The van der Waals surface area contributed by atoms with Gasteiger partial charge < -0.3 is 15.5 Å². The Hall–Kier alpha value is -1.55. The smallest absolute Gasteiger partial charge is 0.317 e. The molecule has 0 aromatic heterocycles. The van der Waals surface area contributed by atoms with Crippen molar-refractivity contribution in [3.8, 4) is 0 Å². The standard InChI is InChI=1S/C17H27N3O/c1-2-12-20(14-16-8-10-18-11-9-16)17(21)19-13-15-6-4-3-5-7-15/h3-7,16,18H,2,8-14H2,1H3,(H,19,21). The Morgan fingerprint density at radius 1 is 1.29 bits per heavy atom. The summed E-state index contributed by atoms with van der Waals surface area (Å²) in [4.78, 5) is 14.4. The summed E-state index contributed by atoms with van der Waals surface area (Å²) >= 11 is 0. The first-order valence-electron chi connectivity index (χ1n) is 8.07. The van der Waals surface area contributed by atoms with Crippen LogP contribution in [0, 0.1) is 5.92 Å². The Morgan fingerprint density at radius 3 is 2.67 bits per heavy atom. The van der Waals surface area contributed by atoms with Crippen LogP contribution in [0.2, 0.25) is 0 Å². The van der Waals surface area contributed by atoms with E-state index in [4.69, 9.17) is 0 Å². The van der Waals surface area contributed by atoms with Gasteiger partial charge in [-0.1, -0.05) is 37.3 Å². The minimum atomic E-state index is 0.0687. The average Bonchev–Trinajstić information content (AvgIpc) is 2.54. The van der Waals surface area contributed by atoms with E-state index in [1.165, 1.54) is 12.8 Å². The van der Waals surface area contributed by atoms with Gasteiger partial charge in [-0.3, -0.25) is 0 Å². The van der Waals surface area contributed by atoms with Crippen molar-refractivity contribution in [1.29, 1.82) is 0 Å². The van der Waals surface area contributed by atoms with Gasteiger partial charge in [-0.25, -0.2) is 4.79 Å². The summed E-state index contributed by atoms with van der Waals surface area (Å²) < 4.78 is 0. The fraction of sp³-hybridized carbons (Fsp3) is 0.588. The average molecular weight is 289 g/mol. The molecule has 0 spiro atoms. The molecule has 1 aliphatic heterocycles. The molecule has 4 heteroatoms. The van der Waals surface area contributed by atoms with Crippen LogP contribution in [-0.2, 0) is 6.54 Å². The SMILES string of the molecule is CCCN(CC1CCNCC1)C(=O)NCc1ccccc1. The van der Waals surface area contributed by atoms with Crippen molar-refractivity contribution in [1.82, 2.24) is 15.5 Å². The summed E-state index contributed by atoms with van der Waals surface area (Å²) in [5, 5.41) is 6.42. The maximum atomic E-state index is 12.4. The molecule has 0 aliphatic carbocycles. The van der Waals surface area contributed by atoms with Crippen LogP contribution in [0.4, 0.5) is 4.79 Å². The largest absolute Gasteiger partial charge is 0.334 e. The summed E-state index contributed by atoms with van der Waals surface area (Å²) in [6, 6.07) is 10.1. The number of carbonyl (C=O) groups is 1. The maximum absolute atomic E-state index is 12.4.